The minimum Gasteiger partial charge on any atom is -0.494 e. The predicted molar refractivity (Wildman–Crippen MR) is 142 cm³/mol. The third-order valence-corrected chi connectivity index (χ3v) is 9.30. The second-order valence-corrected chi connectivity index (χ2v) is 11.5. The van der Waals surface area contributed by atoms with E-state index in [1.165, 1.54) is 23.6 Å². The van der Waals surface area contributed by atoms with Gasteiger partial charge in [0.05, 0.1) is 6.61 Å². The first-order chi connectivity index (χ1) is 17.4. The number of aryl methyl sites for hydroxylation is 1. The van der Waals surface area contributed by atoms with Crippen molar-refractivity contribution in [2.24, 2.45) is 17.3 Å². The number of carbonyl (C=O) groups is 2. The van der Waals surface area contributed by atoms with Gasteiger partial charge in [0.1, 0.15) is 17.3 Å². The van der Waals surface area contributed by atoms with Gasteiger partial charge in [-0.3, -0.25) is 9.59 Å². The molecule has 2 fully saturated rings. The molecule has 36 heavy (non-hydrogen) atoms. The van der Waals surface area contributed by atoms with Crippen molar-refractivity contribution < 1.29 is 19.1 Å². The highest BCUT2D eigenvalue weighted by atomic mass is 35.5. The summed E-state index contributed by atoms with van der Waals surface area (Å²) in [5, 5.41) is 0. The SMILES string of the molecule is CC(=O)Oc1ccc2c(c1)CC[C@@H]1[C@@H]2[C@@H](c2ccc(OCCCCCCl)cc2)C[C@]2(C)C(=O)CC[C@@H]12. The van der Waals surface area contributed by atoms with Gasteiger partial charge in [0.15, 0.2) is 0 Å². The number of rotatable bonds is 8. The lowest BCUT2D eigenvalue weighted by Gasteiger charge is -2.52. The molecule has 2 saturated carbocycles. The van der Waals surface area contributed by atoms with Gasteiger partial charge in [-0.05, 0) is 110 Å². The van der Waals surface area contributed by atoms with Gasteiger partial charge in [0, 0.05) is 24.6 Å². The van der Waals surface area contributed by atoms with Crippen LogP contribution in [0.3, 0.4) is 0 Å². The van der Waals surface area contributed by atoms with Crippen molar-refractivity contribution in [3.05, 3.63) is 59.2 Å². The highest BCUT2D eigenvalue weighted by molar-refractivity contribution is 6.17. The second kappa shape index (κ2) is 10.6. The van der Waals surface area contributed by atoms with E-state index in [1.807, 2.05) is 6.07 Å². The van der Waals surface area contributed by atoms with E-state index < -0.39 is 0 Å². The zero-order valence-electron chi connectivity index (χ0n) is 21.4. The van der Waals surface area contributed by atoms with Gasteiger partial charge in [0.25, 0.3) is 0 Å². The van der Waals surface area contributed by atoms with Crippen LogP contribution in [0.4, 0.5) is 0 Å². The maximum Gasteiger partial charge on any atom is 0.308 e. The lowest BCUT2D eigenvalue weighted by molar-refractivity contribution is -0.132. The van der Waals surface area contributed by atoms with Crippen molar-refractivity contribution in [2.45, 2.75) is 77.0 Å². The van der Waals surface area contributed by atoms with Crippen LogP contribution in [0.1, 0.15) is 87.3 Å². The van der Waals surface area contributed by atoms with Gasteiger partial charge >= 0.3 is 5.97 Å². The molecule has 0 saturated heterocycles. The molecule has 0 heterocycles. The monoisotopic (exact) mass is 508 g/mol. The molecule has 2 aromatic rings. The van der Waals surface area contributed by atoms with Crippen LogP contribution in [0.15, 0.2) is 42.5 Å². The van der Waals surface area contributed by atoms with E-state index in [4.69, 9.17) is 21.1 Å². The van der Waals surface area contributed by atoms with Gasteiger partial charge < -0.3 is 9.47 Å². The Morgan fingerprint density at radius 3 is 2.56 bits per heavy atom. The summed E-state index contributed by atoms with van der Waals surface area (Å²) in [5.41, 5.74) is 3.70. The van der Waals surface area contributed by atoms with E-state index in [2.05, 4.69) is 43.3 Å². The Hall–Kier alpha value is -2.33. The molecule has 5 atom stereocenters. The number of fused-ring (bicyclic) bond motifs is 5. The number of esters is 1. The summed E-state index contributed by atoms with van der Waals surface area (Å²) in [5.74, 6) is 3.96. The molecule has 2 aromatic carbocycles. The highest BCUT2D eigenvalue weighted by Crippen LogP contribution is 2.64. The van der Waals surface area contributed by atoms with Gasteiger partial charge in [-0.15, -0.1) is 11.6 Å². The first-order valence-electron chi connectivity index (χ1n) is 13.5. The number of halogens is 1. The smallest absolute Gasteiger partial charge is 0.308 e. The Balaban J connectivity index is 1.44. The quantitative estimate of drug-likeness (QED) is 0.163. The lowest BCUT2D eigenvalue weighted by atomic mass is 9.51. The molecular formula is C31H37ClO4. The number of benzene rings is 2. The first kappa shape index (κ1) is 25.3. The van der Waals surface area contributed by atoms with E-state index in [9.17, 15) is 9.59 Å². The van der Waals surface area contributed by atoms with Crippen molar-refractivity contribution in [1.82, 2.24) is 0 Å². The molecule has 0 unspecified atom stereocenters. The van der Waals surface area contributed by atoms with E-state index in [0.29, 0.717) is 48.2 Å². The van der Waals surface area contributed by atoms with Crippen LogP contribution in [0.2, 0.25) is 0 Å². The second-order valence-electron chi connectivity index (χ2n) is 11.1. The van der Waals surface area contributed by atoms with E-state index in [-0.39, 0.29) is 17.3 Å². The number of alkyl halides is 1. The van der Waals surface area contributed by atoms with Gasteiger partial charge in [-0.25, -0.2) is 0 Å². The summed E-state index contributed by atoms with van der Waals surface area (Å²) in [4.78, 5) is 24.7. The standard InChI is InChI=1S/C31H37ClO4/c1-20(33)36-24-11-13-25-22(18-24)8-12-26-28-14-15-29(34)31(28,2)19-27(30(25)26)21-6-9-23(10-7-21)35-17-5-3-4-16-32/h6-7,9-11,13,18,26-28,30H,3-5,8,12,14-17,19H2,1-2H3/t26-,27+,28-,30+,31-/m0/s1. The summed E-state index contributed by atoms with van der Waals surface area (Å²) in [7, 11) is 0. The zero-order valence-corrected chi connectivity index (χ0v) is 22.2. The van der Waals surface area contributed by atoms with E-state index >= 15 is 0 Å². The predicted octanol–water partition coefficient (Wildman–Crippen LogP) is 7.22. The zero-order chi connectivity index (χ0) is 25.3. The van der Waals surface area contributed by atoms with Gasteiger partial charge in [-0.1, -0.05) is 25.1 Å². The van der Waals surface area contributed by atoms with Gasteiger partial charge in [0.2, 0.25) is 0 Å². The maximum absolute atomic E-state index is 13.1. The van der Waals surface area contributed by atoms with E-state index in [1.54, 1.807) is 0 Å². The Bertz CT molecular complexity index is 1110. The fourth-order valence-electron chi connectivity index (χ4n) is 7.39. The molecule has 0 spiro atoms. The van der Waals surface area contributed by atoms with Gasteiger partial charge in [-0.2, -0.15) is 0 Å². The summed E-state index contributed by atoms with van der Waals surface area (Å²) in [6.45, 7) is 4.38. The van der Waals surface area contributed by atoms with Crippen LogP contribution in [-0.2, 0) is 16.0 Å². The summed E-state index contributed by atoms with van der Waals surface area (Å²) < 4.78 is 11.4. The molecule has 3 aliphatic rings. The van der Waals surface area contributed by atoms with Crippen molar-refractivity contribution in [3.63, 3.8) is 0 Å². The summed E-state index contributed by atoms with van der Waals surface area (Å²) >= 11 is 5.77. The molecular weight excluding hydrogens is 472 g/mol. The number of ketones is 1. The molecule has 4 nitrogen and oxygen atoms in total. The fraction of sp³-hybridized carbons (Fsp3) is 0.548. The van der Waals surface area contributed by atoms with Crippen molar-refractivity contribution in [3.8, 4) is 11.5 Å². The Morgan fingerprint density at radius 1 is 1.03 bits per heavy atom. The Morgan fingerprint density at radius 2 is 1.81 bits per heavy atom. The molecule has 5 rings (SSSR count). The number of hydrogen-bond acceptors (Lipinski definition) is 4. The molecule has 0 aliphatic heterocycles. The number of ether oxygens (including phenoxy) is 2. The Kier molecular flexibility index (Phi) is 7.44. The van der Waals surface area contributed by atoms with Crippen LogP contribution in [0.25, 0.3) is 0 Å². The highest BCUT2D eigenvalue weighted by Gasteiger charge is 2.57. The molecule has 0 amide bonds. The number of unbranched alkanes of at least 4 members (excludes halogenated alkanes) is 2. The average Bonchev–Trinajstić information content (AvgIpc) is 3.17. The number of carbonyl (C=O) groups excluding carboxylic acids is 2. The minimum absolute atomic E-state index is 0.237. The van der Waals surface area contributed by atoms with Crippen LogP contribution in [0, 0.1) is 17.3 Å². The summed E-state index contributed by atoms with van der Waals surface area (Å²) in [6, 6.07) is 14.8. The van der Waals surface area contributed by atoms with Crippen LogP contribution < -0.4 is 9.47 Å². The molecule has 0 aromatic heterocycles. The third-order valence-electron chi connectivity index (χ3n) is 9.03. The van der Waals surface area contributed by atoms with E-state index in [0.717, 1.165) is 50.7 Å². The lowest BCUT2D eigenvalue weighted by Crippen LogP contribution is -2.46. The third kappa shape index (κ3) is 4.81. The van der Waals surface area contributed by atoms with Crippen LogP contribution in [0.5, 0.6) is 11.5 Å². The average molecular weight is 509 g/mol. The molecule has 3 aliphatic carbocycles. The molecule has 5 heteroatoms. The number of hydrogen-bond donors (Lipinski definition) is 0. The van der Waals surface area contributed by atoms with Crippen molar-refractivity contribution >= 4 is 23.4 Å². The molecule has 0 radical (unpaired) electrons. The minimum atomic E-state index is -0.291. The summed E-state index contributed by atoms with van der Waals surface area (Å²) in [6.07, 6.45) is 7.78. The number of Topliss-reactive ketones (excluding diaryl/α,β-unsaturated/α-hetero) is 1. The Labute approximate surface area is 219 Å². The molecule has 0 N–H and O–H groups in total. The molecule has 0 bridgehead atoms. The molecule has 192 valence electrons. The topological polar surface area (TPSA) is 52.6 Å². The van der Waals surface area contributed by atoms with Crippen molar-refractivity contribution in [2.75, 3.05) is 12.5 Å². The van der Waals surface area contributed by atoms with Crippen LogP contribution >= 0.6 is 11.6 Å². The largest absolute Gasteiger partial charge is 0.494 e. The maximum atomic E-state index is 13.1. The van der Waals surface area contributed by atoms with Crippen LogP contribution in [-0.4, -0.2) is 24.2 Å². The normalized spacial score (nSPS) is 28.7. The first-order valence-corrected chi connectivity index (χ1v) is 14.1. The van der Waals surface area contributed by atoms with Crippen molar-refractivity contribution in [1.29, 1.82) is 0 Å². The fourth-order valence-corrected chi connectivity index (χ4v) is 7.57.